The number of piperidine rings is 1. The van der Waals surface area contributed by atoms with Crippen LogP contribution >= 0.6 is 0 Å². The summed E-state index contributed by atoms with van der Waals surface area (Å²) in [5.41, 5.74) is 0.0334. The molecule has 0 amide bonds. The smallest absolute Gasteiger partial charge is 0.213 e. The Balaban J connectivity index is 1.67. The van der Waals surface area contributed by atoms with Gasteiger partial charge in [-0.3, -0.25) is 9.89 Å². The van der Waals surface area contributed by atoms with E-state index in [1.807, 2.05) is 0 Å². The zero-order valence-electron chi connectivity index (χ0n) is 17.8. The molecular weight excluding hydrogens is 378 g/mol. The van der Waals surface area contributed by atoms with Gasteiger partial charge in [-0.1, -0.05) is 6.42 Å². The van der Waals surface area contributed by atoms with Crippen molar-refractivity contribution in [3.63, 3.8) is 0 Å². The average molecular weight is 418 g/mol. The van der Waals surface area contributed by atoms with Gasteiger partial charge in [0.05, 0.1) is 11.9 Å². The van der Waals surface area contributed by atoms with Crippen molar-refractivity contribution in [3.8, 4) is 0 Å². The quantitative estimate of drug-likeness (QED) is 0.381. The summed E-state index contributed by atoms with van der Waals surface area (Å²) >= 11 is 0. The molecule has 0 aromatic heterocycles. The van der Waals surface area contributed by atoms with Crippen molar-refractivity contribution in [3.05, 3.63) is 0 Å². The molecule has 2 aliphatic rings. The predicted molar refractivity (Wildman–Crippen MR) is 114 cm³/mol. The number of aliphatic imine (C=N–C) groups is 1. The van der Waals surface area contributed by atoms with Crippen molar-refractivity contribution in [2.24, 2.45) is 4.99 Å². The number of sulfonamides is 1. The zero-order chi connectivity index (χ0) is 20.5. The molecule has 28 heavy (non-hydrogen) atoms. The lowest BCUT2D eigenvalue weighted by molar-refractivity contribution is 0.0200. The Labute approximate surface area is 170 Å². The molecule has 164 valence electrons. The summed E-state index contributed by atoms with van der Waals surface area (Å²) in [4.78, 5) is 6.73. The molecule has 2 rings (SSSR count). The van der Waals surface area contributed by atoms with Crippen molar-refractivity contribution < 1.29 is 13.2 Å². The standard InChI is InChI=1S/C19H39N5O3S/c1-19(2,24-11-6-4-7-12-24)16-22-18(20-3)21-10-14-28(25,26)23-15-17-9-5-8-13-27-17/h17,23H,4-16H2,1-3H3,(H2,20,21,22). The second-order valence-corrected chi connectivity index (χ2v) is 10.3. The van der Waals surface area contributed by atoms with Crippen LogP contribution in [0.1, 0.15) is 52.4 Å². The highest BCUT2D eigenvalue weighted by atomic mass is 32.2. The minimum Gasteiger partial charge on any atom is -0.377 e. The summed E-state index contributed by atoms with van der Waals surface area (Å²) in [6, 6.07) is 0. The minimum absolute atomic E-state index is 0.00272. The van der Waals surface area contributed by atoms with Crippen LogP contribution in [0.4, 0.5) is 0 Å². The first-order chi connectivity index (χ1) is 13.3. The molecule has 0 aromatic rings. The highest BCUT2D eigenvalue weighted by molar-refractivity contribution is 7.89. The molecule has 0 aliphatic carbocycles. The molecule has 0 saturated carbocycles. The Hall–Kier alpha value is -0.900. The summed E-state index contributed by atoms with van der Waals surface area (Å²) in [6.07, 6.45) is 6.92. The Kier molecular flexibility index (Phi) is 9.46. The van der Waals surface area contributed by atoms with Crippen molar-refractivity contribution in [1.29, 1.82) is 0 Å². The van der Waals surface area contributed by atoms with Crippen LogP contribution in [0, 0.1) is 0 Å². The number of nitrogens with one attached hydrogen (secondary N) is 3. The van der Waals surface area contributed by atoms with Gasteiger partial charge in [-0.25, -0.2) is 13.1 Å². The van der Waals surface area contributed by atoms with Crippen LogP contribution in [-0.2, 0) is 14.8 Å². The second-order valence-electron chi connectivity index (χ2n) is 8.37. The number of guanidine groups is 1. The monoisotopic (exact) mass is 417 g/mol. The highest BCUT2D eigenvalue weighted by Gasteiger charge is 2.28. The van der Waals surface area contributed by atoms with Crippen molar-refractivity contribution in [1.82, 2.24) is 20.3 Å². The Morgan fingerprint density at radius 2 is 1.89 bits per heavy atom. The molecule has 0 bridgehead atoms. The maximum atomic E-state index is 12.2. The molecule has 1 unspecified atom stereocenters. The lowest BCUT2D eigenvalue weighted by atomic mass is 9.98. The Bertz CT molecular complexity index is 582. The summed E-state index contributed by atoms with van der Waals surface area (Å²) in [7, 11) is -1.62. The normalized spacial score (nSPS) is 22.8. The third-order valence-electron chi connectivity index (χ3n) is 5.59. The van der Waals surface area contributed by atoms with Crippen molar-refractivity contribution >= 4 is 16.0 Å². The molecule has 1 atom stereocenters. The Morgan fingerprint density at radius 3 is 2.54 bits per heavy atom. The van der Waals surface area contributed by atoms with Crippen LogP contribution in [0.25, 0.3) is 0 Å². The van der Waals surface area contributed by atoms with E-state index in [4.69, 9.17) is 4.74 Å². The van der Waals surface area contributed by atoms with Gasteiger partial charge < -0.3 is 15.4 Å². The van der Waals surface area contributed by atoms with Gasteiger partial charge in [-0.2, -0.15) is 0 Å². The van der Waals surface area contributed by atoms with Gasteiger partial charge in [-0.05, 0) is 59.0 Å². The van der Waals surface area contributed by atoms with E-state index in [1.165, 1.54) is 19.3 Å². The number of rotatable bonds is 9. The fraction of sp³-hybridized carbons (Fsp3) is 0.947. The SMILES string of the molecule is CN=C(NCCS(=O)(=O)NCC1CCCCO1)NCC(C)(C)N1CCCCC1. The maximum absolute atomic E-state index is 12.2. The Morgan fingerprint density at radius 1 is 1.14 bits per heavy atom. The highest BCUT2D eigenvalue weighted by Crippen LogP contribution is 2.19. The van der Waals surface area contributed by atoms with Gasteiger partial charge in [0, 0.05) is 38.8 Å². The maximum Gasteiger partial charge on any atom is 0.213 e. The number of hydrogen-bond donors (Lipinski definition) is 3. The van der Waals surface area contributed by atoms with Crippen LogP contribution in [0.15, 0.2) is 4.99 Å². The second kappa shape index (κ2) is 11.3. The third-order valence-corrected chi connectivity index (χ3v) is 6.94. The van der Waals surface area contributed by atoms with E-state index in [0.29, 0.717) is 19.0 Å². The van der Waals surface area contributed by atoms with Gasteiger partial charge in [-0.15, -0.1) is 0 Å². The predicted octanol–water partition coefficient (Wildman–Crippen LogP) is 0.904. The molecule has 9 heteroatoms. The van der Waals surface area contributed by atoms with Gasteiger partial charge in [0.1, 0.15) is 0 Å². The molecule has 8 nitrogen and oxygen atoms in total. The van der Waals surface area contributed by atoms with Gasteiger partial charge in [0.2, 0.25) is 10.0 Å². The molecule has 2 fully saturated rings. The van der Waals surface area contributed by atoms with E-state index in [-0.39, 0.29) is 17.4 Å². The number of ether oxygens (including phenoxy) is 1. The van der Waals surface area contributed by atoms with Crippen LogP contribution in [0.5, 0.6) is 0 Å². The van der Waals surface area contributed by atoms with Crippen LogP contribution in [-0.4, -0.2) is 83.1 Å². The topological polar surface area (TPSA) is 95.1 Å². The van der Waals surface area contributed by atoms with E-state index in [2.05, 4.69) is 39.1 Å². The molecule has 2 saturated heterocycles. The molecule has 0 aromatic carbocycles. The molecule has 2 heterocycles. The van der Waals surface area contributed by atoms with E-state index >= 15 is 0 Å². The van der Waals surface area contributed by atoms with Crippen LogP contribution in [0.3, 0.4) is 0 Å². The van der Waals surface area contributed by atoms with Crippen molar-refractivity contribution in [2.45, 2.75) is 64.0 Å². The summed E-state index contributed by atoms with van der Waals surface area (Å²) in [5.74, 6) is 0.645. The first-order valence-electron chi connectivity index (χ1n) is 10.6. The van der Waals surface area contributed by atoms with Gasteiger partial charge >= 0.3 is 0 Å². The molecule has 0 radical (unpaired) electrons. The lowest BCUT2D eigenvalue weighted by Crippen LogP contribution is -2.55. The minimum atomic E-state index is -3.33. The molecular formula is C19H39N5O3S. The zero-order valence-corrected chi connectivity index (χ0v) is 18.6. The molecule has 3 N–H and O–H groups in total. The van der Waals surface area contributed by atoms with E-state index in [0.717, 1.165) is 45.5 Å². The number of likely N-dealkylation sites (tertiary alicyclic amines) is 1. The first-order valence-corrected chi connectivity index (χ1v) is 12.3. The van der Waals surface area contributed by atoms with Crippen molar-refractivity contribution in [2.75, 3.05) is 52.1 Å². The average Bonchev–Trinajstić information content (AvgIpc) is 2.70. The van der Waals surface area contributed by atoms with E-state index < -0.39 is 10.0 Å². The van der Waals surface area contributed by atoms with Gasteiger partial charge in [0.15, 0.2) is 5.96 Å². The summed E-state index contributed by atoms with van der Waals surface area (Å²) < 4.78 is 32.6. The number of hydrogen-bond acceptors (Lipinski definition) is 5. The first kappa shape index (κ1) is 23.4. The van der Waals surface area contributed by atoms with E-state index in [9.17, 15) is 8.42 Å². The van der Waals surface area contributed by atoms with Crippen LogP contribution in [0.2, 0.25) is 0 Å². The van der Waals surface area contributed by atoms with E-state index in [1.54, 1.807) is 7.05 Å². The molecule has 2 aliphatic heterocycles. The lowest BCUT2D eigenvalue weighted by Gasteiger charge is -2.41. The summed E-state index contributed by atoms with van der Waals surface area (Å²) in [5, 5.41) is 6.45. The van der Waals surface area contributed by atoms with Crippen LogP contribution < -0.4 is 15.4 Å². The fourth-order valence-corrected chi connectivity index (χ4v) is 4.65. The van der Waals surface area contributed by atoms with Gasteiger partial charge in [0.25, 0.3) is 0 Å². The fourth-order valence-electron chi connectivity index (χ4n) is 3.70. The number of nitrogens with zero attached hydrogens (tertiary/aromatic N) is 2. The third kappa shape index (κ3) is 8.23. The molecule has 0 spiro atoms. The largest absolute Gasteiger partial charge is 0.377 e. The summed E-state index contributed by atoms with van der Waals surface area (Å²) in [6.45, 7) is 8.90.